The fraction of sp³-hybridized carbons (Fsp3) is 0.400. The van der Waals surface area contributed by atoms with Crippen molar-refractivity contribution in [2.75, 3.05) is 11.3 Å². The van der Waals surface area contributed by atoms with Gasteiger partial charge >= 0.3 is 0 Å². The van der Waals surface area contributed by atoms with Crippen LogP contribution in [0.25, 0.3) is 0 Å². The molecule has 6 nitrogen and oxygen atoms in total. The van der Waals surface area contributed by atoms with Crippen molar-refractivity contribution in [1.82, 2.24) is 14.3 Å². The number of hydrogen-bond donors (Lipinski definition) is 1. The average molecular weight is 417 g/mol. The van der Waals surface area contributed by atoms with Gasteiger partial charge in [0.2, 0.25) is 5.13 Å². The Labute approximate surface area is 170 Å². The first-order valence-corrected chi connectivity index (χ1v) is 11.8. The Morgan fingerprint density at radius 3 is 2.75 bits per heavy atom. The lowest BCUT2D eigenvalue weighted by atomic mass is 9.86. The zero-order valence-corrected chi connectivity index (χ0v) is 17.2. The predicted octanol–water partition coefficient (Wildman–Crippen LogP) is 3.83. The SMILES string of the molecule is O=S(=O)(Nc1ncns1)c1ccc(CN2CCCC[C@@H]2C2C=CC=CC2)cc1. The largest absolute Gasteiger partial charge is 0.296 e. The summed E-state index contributed by atoms with van der Waals surface area (Å²) >= 11 is 1.02. The van der Waals surface area contributed by atoms with Crippen molar-refractivity contribution in [2.24, 2.45) is 5.92 Å². The van der Waals surface area contributed by atoms with Crippen LogP contribution >= 0.6 is 11.5 Å². The molecule has 1 fully saturated rings. The summed E-state index contributed by atoms with van der Waals surface area (Å²) in [4.78, 5) is 6.67. The third kappa shape index (κ3) is 4.51. The van der Waals surface area contributed by atoms with Gasteiger partial charge in [-0.25, -0.2) is 13.4 Å². The minimum Gasteiger partial charge on any atom is -0.296 e. The number of likely N-dealkylation sites (tertiary alicyclic amines) is 1. The van der Waals surface area contributed by atoms with Crippen molar-refractivity contribution in [3.8, 4) is 0 Å². The third-order valence-electron chi connectivity index (χ3n) is 5.37. The lowest BCUT2D eigenvalue weighted by Crippen LogP contribution is -2.43. The van der Waals surface area contributed by atoms with E-state index in [0.717, 1.165) is 36.6 Å². The van der Waals surface area contributed by atoms with Crippen LogP contribution in [0.15, 0.2) is 59.8 Å². The summed E-state index contributed by atoms with van der Waals surface area (Å²) in [6, 6.07) is 7.72. The molecule has 1 aromatic heterocycles. The van der Waals surface area contributed by atoms with Gasteiger partial charge in [0.05, 0.1) is 4.90 Å². The number of nitrogens with one attached hydrogen (secondary N) is 1. The summed E-state index contributed by atoms with van der Waals surface area (Å²) in [7, 11) is -3.63. The van der Waals surface area contributed by atoms with Crippen LogP contribution in [-0.2, 0) is 16.6 Å². The molecule has 1 aliphatic carbocycles. The Kier molecular flexibility index (Phi) is 5.89. The molecule has 1 aliphatic heterocycles. The molecule has 2 aromatic rings. The summed E-state index contributed by atoms with van der Waals surface area (Å²) in [5, 5.41) is 0.273. The molecular weight excluding hydrogens is 392 g/mol. The number of anilines is 1. The standard InChI is InChI=1S/C20H24N4O2S2/c25-28(26,23-20-21-15-22-27-20)18-11-9-16(10-12-18)14-24-13-5-4-8-19(24)17-6-2-1-3-7-17/h1-3,6,9-12,15,17,19H,4-5,7-8,13-14H2,(H,21,22,23)/t17?,19-/m1/s1. The number of benzene rings is 1. The van der Waals surface area contributed by atoms with Crippen LogP contribution in [-0.4, -0.2) is 35.3 Å². The molecule has 0 amide bonds. The molecule has 0 bridgehead atoms. The van der Waals surface area contributed by atoms with Gasteiger partial charge in [-0.05, 0) is 49.4 Å². The maximum Gasteiger partial charge on any atom is 0.263 e. The lowest BCUT2D eigenvalue weighted by molar-refractivity contribution is 0.108. The molecular formula is C20H24N4O2S2. The first-order chi connectivity index (χ1) is 13.6. The van der Waals surface area contributed by atoms with Crippen molar-refractivity contribution in [1.29, 1.82) is 0 Å². The van der Waals surface area contributed by atoms with E-state index in [0.29, 0.717) is 12.0 Å². The maximum atomic E-state index is 12.5. The fourth-order valence-corrected chi connectivity index (χ4v) is 5.64. The number of allylic oxidation sites excluding steroid dienone is 3. The molecule has 0 spiro atoms. The second kappa shape index (κ2) is 8.55. The van der Waals surface area contributed by atoms with Gasteiger partial charge in [-0.2, -0.15) is 4.37 Å². The highest BCUT2D eigenvalue weighted by Crippen LogP contribution is 2.29. The van der Waals surface area contributed by atoms with Crippen LogP contribution < -0.4 is 4.72 Å². The van der Waals surface area contributed by atoms with Crippen molar-refractivity contribution >= 4 is 26.7 Å². The highest BCUT2D eigenvalue weighted by molar-refractivity contribution is 7.93. The molecule has 4 rings (SSSR count). The van der Waals surface area contributed by atoms with Crippen molar-refractivity contribution < 1.29 is 8.42 Å². The summed E-state index contributed by atoms with van der Waals surface area (Å²) in [5.74, 6) is 0.570. The molecule has 2 heterocycles. The van der Waals surface area contributed by atoms with Crippen LogP contribution in [0.2, 0.25) is 0 Å². The van der Waals surface area contributed by atoms with Crippen molar-refractivity contribution in [3.63, 3.8) is 0 Å². The summed E-state index contributed by atoms with van der Waals surface area (Å²) in [6.45, 7) is 1.94. The van der Waals surface area contributed by atoms with Crippen molar-refractivity contribution in [3.05, 3.63) is 60.5 Å². The van der Waals surface area contributed by atoms with Gasteiger partial charge < -0.3 is 0 Å². The second-order valence-corrected chi connectivity index (χ2v) is 9.70. The molecule has 1 N–H and O–H groups in total. The summed E-state index contributed by atoms with van der Waals surface area (Å²) in [6.07, 6.45) is 15.0. The lowest BCUT2D eigenvalue weighted by Gasteiger charge is -2.40. The van der Waals surface area contributed by atoms with Crippen LogP contribution in [0.5, 0.6) is 0 Å². The summed E-state index contributed by atoms with van der Waals surface area (Å²) in [5.41, 5.74) is 1.14. The van der Waals surface area contributed by atoms with E-state index in [1.165, 1.54) is 25.6 Å². The quantitative estimate of drug-likeness (QED) is 0.775. The highest BCUT2D eigenvalue weighted by Gasteiger charge is 2.28. The van der Waals surface area contributed by atoms with Crippen molar-refractivity contribution in [2.45, 2.75) is 43.2 Å². The van der Waals surface area contributed by atoms with Gasteiger partial charge in [-0.3, -0.25) is 9.62 Å². The van der Waals surface area contributed by atoms with Gasteiger partial charge in [-0.15, -0.1) is 0 Å². The van der Waals surface area contributed by atoms with Gasteiger partial charge in [0.15, 0.2) is 0 Å². The molecule has 0 saturated carbocycles. The molecule has 28 heavy (non-hydrogen) atoms. The molecule has 8 heteroatoms. The topological polar surface area (TPSA) is 75.2 Å². The van der Waals surface area contributed by atoms with Crippen LogP contribution in [0.1, 0.15) is 31.2 Å². The van der Waals surface area contributed by atoms with E-state index in [4.69, 9.17) is 0 Å². The smallest absolute Gasteiger partial charge is 0.263 e. The van der Waals surface area contributed by atoms with Gasteiger partial charge in [0, 0.05) is 24.1 Å². The highest BCUT2D eigenvalue weighted by atomic mass is 32.2. The van der Waals surface area contributed by atoms with E-state index in [-0.39, 0.29) is 10.0 Å². The van der Waals surface area contributed by atoms with E-state index in [1.54, 1.807) is 12.1 Å². The Balaban J connectivity index is 1.44. The zero-order chi connectivity index (χ0) is 19.4. The van der Waals surface area contributed by atoms with Crippen LogP contribution in [0.4, 0.5) is 5.13 Å². The number of sulfonamides is 1. The third-order valence-corrected chi connectivity index (χ3v) is 7.44. The summed E-state index contributed by atoms with van der Waals surface area (Å²) < 4.78 is 31.2. The Hall–Kier alpha value is -2.03. The monoisotopic (exact) mass is 416 g/mol. The molecule has 1 aromatic carbocycles. The Bertz CT molecular complexity index is 937. The number of hydrogen-bond acceptors (Lipinski definition) is 6. The average Bonchev–Trinajstić information content (AvgIpc) is 3.22. The van der Waals surface area contributed by atoms with E-state index >= 15 is 0 Å². The number of nitrogens with zero attached hydrogens (tertiary/aromatic N) is 3. The molecule has 1 unspecified atom stereocenters. The molecule has 1 saturated heterocycles. The van der Waals surface area contributed by atoms with Crippen LogP contribution in [0.3, 0.4) is 0 Å². The van der Waals surface area contributed by atoms with Gasteiger partial charge in [0.25, 0.3) is 10.0 Å². The normalized spacial score (nSPS) is 23.0. The zero-order valence-electron chi connectivity index (χ0n) is 15.6. The van der Waals surface area contributed by atoms with Gasteiger partial charge in [-0.1, -0.05) is 42.9 Å². The first kappa shape index (κ1) is 19.3. The van der Waals surface area contributed by atoms with Crippen LogP contribution in [0, 0.1) is 5.92 Å². The van der Waals surface area contributed by atoms with Gasteiger partial charge in [0.1, 0.15) is 6.33 Å². The molecule has 148 valence electrons. The second-order valence-electron chi connectivity index (χ2n) is 7.24. The number of rotatable bonds is 6. The first-order valence-electron chi connectivity index (χ1n) is 9.58. The molecule has 2 aliphatic rings. The number of aromatic nitrogens is 2. The molecule has 0 radical (unpaired) electrons. The van der Waals surface area contributed by atoms with E-state index in [1.807, 2.05) is 12.1 Å². The van der Waals surface area contributed by atoms with E-state index in [2.05, 4.69) is 43.3 Å². The Morgan fingerprint density at radius 1 is 1.18 bits per heavy atom. The van der Waals surface area contributed by atoms with E-state index < -0.39 is 10.0 Å². The Morgan fingerprint density at radius 2 is 2.04 bits per heavy atom. The maximum absolute atomic E-state index is 12.5. The van der Waals surface area contributed by atoms with E-state index in [9.17, 15) is 8.42 Å². The fourth-order valence-electron chi connectivity index (χ4n) is 3.98. The molecule has 2 atom stereocenters. The minimum absolute atomic E-state index is 0.238. The minimum atomic E-state index is -3.63. The number of piperidine rings is 1. The predicted molar refractivity (Wildman–Crippen MR) is 112 cm³/mol.